The highest BCUT2D eigenvalue weighted by molar-refractivity contribution is 5.69. The van der Waals surface area contributed by atoms with Crippen molar-refractivity contribution in [3.8, 4) is 0 Å². The largest absolute Gasteiger partial charge is 0.462 e. The quantitative estimate of drug-likeness (QED) is 0.386. The lowest BCUT2D eigenvalue weighted by molar-refractivity contribution is -0.153. The number of carbonyl (C=O) groups is 1. The van der Waals surface area contributed by atoms with Crippen LogP contribution in [0.3, 0.4) is 0 Å². The molecule has 0 heterocycles. The molecule has 3 saturated carbocycles. The van der Waals surface area contributed by atoms with Crippen molar-refractivity contribution in [1.82, 2.24) is 0 Å². The summed E-state index contributed by atoms with van der Waals surface area (Å²) >= 11 is 0. The van der Waals surface area contributed by atoms with E-state index in [1.807, 2.05) is 0 Å². The summed E-state index contributed by atoms with van der Waals surface area (Å²) in [6.45, 7) is 4.37. The van der Waals surface area contributed by atoms with Crippen LogP contribution in [0.15, 0.2) is 0 Å². The van der Waals surface area contributed by atoms with Crippen LogP contribution in [0.4, 0.5) is 0 Å². The smallest absolute Gasteiger partial charge is 0.306 e. The molecule has 0 amide bonds. The van der Waals surface area contributed by atoms with Gasteiger partial charge in [0, 0.05) is 6.42 Å². The fraction of sp³-hybridized carbons (Fsp3) is 0.957. The normalized spacial score (nSPS) is 37.8. The van der Waals surface area contributed by atoms with Crippen LogP contribution >= 0.6 is 0 Å². The van der Waals surface area contributed by atoms with Crippen molar-refractivity contribution in [1.29, 1.82) is 0 Å². The SMILES string of the molecule is CCCCC[C@@H]1CCC2C(CCC3C[C@H](OC(=O)CCC)CCC32)C1. The Bertz CT molecular complexity index is 418. The van der Waals surface area contributed by atoms with Crippen LogP contribution in [0.25, 0.3) is 0 Å². The van der Waals surface area contributed by atoms with Crippen molar-refractivity contribution >= 4 is 5.97 Å². The average molecular weight is 349 g/mol. The maximum atomic E-state index is 11.8. The highest BCUT2D eigenvalue weighted by Gasteiger charge is 2.44. The molecule has 0 N–H and O–H groups in total. The van der Waals surface area contributed by atoms with Crippen molar-refractivity contribution in [2.45, 2.75) is 110 Å². The maximum Gasteiger partial charge on any atom is 0.306 e. The molecule has 0 spiro atoms. The fourth-order valence-corrected chi connectivity index (χ4v) is 6.35. The molecule has 3 rings (SSSR count). The van der Waals surface area contributed by atoms with E-state index in [2.05, 4.69) is 13.8 Å². The maximum absolute atomic E-state index is 11.8. The Morgan fingerprint density at radius 1 is 0.840 bits per heavy atom. The fourth-order valence-electron chi connectivity index (χ4n) is 6.35. The van der Waals surface area contributed by atoms with Gasteiger partial charge in [-0.15, -0.1) is 0 Å². The lowest BCUT2D eigenvalue weighted by atomic mass is 9.56. The van der Waals surface area contributed by atoms with Gasteiger partial charge in [-0.25, -0.2) is 0 Å². The van der Waals surface area contributed by atoms with E-state index in [0.717, 1.165) is 48.9 Å². The first-order chi connectivity index (χ1) is 12.2. The van der Waals surface area contributed by atoms with Crippen LogP contribution in [-0.4, -0.2) is 12.1 Å². The molecule has 0 bridgehead atoms. The summed E-state index contributed by atoms with van der Waals surface area (Å²) in [5.74, 6) is 4.85. The van der Waals surface area contributed by atoms with Gasteiger partial charge in [-0.1, -0.05) is 46.0 Å². The highest BCUT2D eigenvalue weighted by atomic mass is 16.5. The van der Waals surface area contributed by atoms with E-state index in [-0.39, 0.29) is 12.1 Å². The van der Waals surface area contributed by atoms with Crippen molar-refractivity contribution < 1.29 is 9.53 Å². The Balaban J connectivity index is 1.47. The number of esters is 1. The van der Waals surface area contributed by atoms with Gasteiger partial charge in [0.25, 0.3) is 0 Å². The Hall–Kier alpha value is -0.530. The Morgan fingerprint density at radius 3 is 2.28 bits per heavy atom. The molecule has 0 saturated heterocycles. The summed E-state index contributed by atoms with van der Waals surface area (Å²) in [7, 11) is 0. The average Bonchev–Trinajstić information content (AvgIpc) is 2.61. The summed E-state index contributed by atoms with van der Waals surface area (Å²) in [4.78, 5) is 11.8. The van der Waals surface area contributed by atoms with E-state index >= 15 is 0 Å². The third kappa shape index (κ3) is 5.01. The van der Waals surface area contributed by atoms with Crippen LogP contribution in [0.1, 0.15) is 104 Å². The number of rotatable bonds is 7. The molecule has 2 nitrogen and oxygen atoms in total. The Morgan fingerprint density at radius 2 is 1.56 bits per heavy atom. The first-order valence-electron chi connectivity index (χ1n) is 11.4. The number of hydrogen-bond acceptors (Lipinski definition) is 2. The van der Waals surface area contributed by atoms with Crippen molar-refractivity contribution in [3.05, 3.63) is 0 Å². The number of ether oxygens (including phenoxy) is 1. The van der Waals surface area contributed by atoms with Gasteiger partial charge in [-0.2, -0.15) is 0 Å². The van der Waals surface area contributed by atoms with Gasteiger partial charge in [-0.05, 0) is 81.0 Å². The first kappa shape index (κ1) is 19.2. The second-order valence-corrected chi connectivity index (χ2v) is 9.27. The molecule has 6 atom stereocenters. The van der Waals surface area contributed by atoms with Gasteiger partial charge < -0.3 is 4.74 Å². The van der Waals surface area contributed by atoms with Gasteiger partial charge in [0.2, 0.25) is 0 Å². The minimum absolute atomic E-state index is 0.0345. The lowest BCUT2D eigenvalue weighted by Gasteiger charge is -2.50. The Labute approximate surface area is 155 Å². The summed E-state index contributed by atoms with van der Waals surface area (Å²) in [5, 5.41) is 0. The number of carbonyl (C=O) groups excluding carboxylic acids is 1. The van der Waals surface area contributed by atoms with Crippen LogP contribution in [-0.2, 0) is 9.53 Å². The van der Waals surface area contributed by atoms with Gasteiger partial charge in [-0.3, -0.25) is 4.79 Å². The molecular formula is C23H40O2. The summed E-state index contributed by atoms with van der Waals surface area (Å²) < 4.78 is 5.75. The van der Waals surface area contributed by atoms with E-state index in [9.17, 15) is 4.79 Å². The predicted molar refractivity (Wildman–Crippen MR) is 103 cm³/mol. The van der Waals surface area contributed by atoms with Crippen molar-refractivity contribution in [2.75, 3.05) is 0 Å². The highest BCUT2D eigenvalue weighted by Crippen LogP contribution is 2.53. The first-order valence-corrected chi connectivity index (χ1v) is 11.4. The van der Waals surface area contributed by atoms with E-state index in [4.69, 9.17) is 4.74 Å². The zero-order valence-corrected chi connectivity index (χ0v) is 16.7. The van der Waals surface area contributed by atoms with E-state index < -0.39 is 0 Å². The minimum atomic E-state index is 0.0345. The molecule has 25 heavy (non-hydrogen) atoms. The minimum Gasteiger partial charge on any atom is -0.462 e. The summed E-state index contributed by atoms with van der Waals surface area (Å²) in [6, 6.07) is 0. The zero-order valence-electron chi connectivity index (χ0n) is 16.7. The zero-order chi connectivity index (χ0) is 17.6. The predicted octanol–water partition coefficient (Wildman–Crippen LogP) is 6.52. The van der Waals surface area contributed by atoms with Crippen LogP contribution < -0.4 is 0 Å². The standard InChI is InChI=1S/C23H40O2/c1-3-5-6-8-17-9-13-21-18(15-17)10-11-19-16-20(12-14-22(19)21)25-23(24)7-4-2/h17-22H,3-16H2,1-2H3/t17-,18?,19?,20-,21?,22?/m1/s1. The molecule has 3 aliphatic carbocycles. The molecule has 4 unspecified atom stereocenters. The lowest BCUT2D eigenvalue weighted by Crippen LogP contribution is -2.43. The third-order valence-electron chi connectivity index (χ3n) is 7.57. The summed E-state index contributed by atoms with van der Waals surface area (Å²) in [6.07, 6.45) is 18.4. The van der Waals surface area contributed by atoms with Gasteiger partial charge >= 0.3 is 5.97 Å². The molecule has 3 fully saturated rings. The Kier molecular flexibility index (Phi) is 7.25. The van der Waals surface area contributed by atoms with Crippen LogP contribution in [0.2, 0.25) is 0 Å². The molecule has 0 radical (unpaired) electrons. The second kappa shape index (κ2) is 9.42. The van der Waals surface area contributed by atoms with Crippen LogP contribution in [0, 0.1) is 29.6 Å². The molecule has 0 aromatic rings. The number of hydrogen-bond donors (Lipinski definition) is 0. The number of unbranched alkanes of at least 4 members (excludes halogenated alkanes) is 2. The molecular weight excluding hydrogens is 308 g/mol. The molecule has 0 aliphatic heterocycles. The van der Waals surface area contributed by atoms with Gasteiger partial charge in [0.05, 0.1) is 0 Å². The topological polar surface area (TPSA) is 26.3 Å². The van der Waals surface area contributed by atoms with Crippen LogP contribution in [0.5, 0.6) is 0 Å². The monoisotopic (exact) mass is 348 g/mol. The van der Waals surface area contributed by atoms with Gasteiger partial charge in [0.15, 0.2) is 0 Å². The van der Waals surface area contributed by atoms with E-state index in [1.165, 1.54) is 64.2 Å². The molecule has 0 aromatic heterocycles. The van der Waals surface area contributed by atoms with E-state index in [0.29, 0.717) is 6.42 Å². The molecule has 2 heteroatoms. The van der Waals surface area contributed by atoms with Crippen molar-refractivity contribution in [3.63, 3.8) is 0 Å². The molecule has 3 aliphatic rings. The van der Waals surface area contributed by atoms with Gasteiger partial charge in [0.1, 0.15) is 6.10 Å². The van der Waals surface area contributed by atoms with E-state index in [1.54, 1.807) is 0 Å². The second-order valence-electron chi connectivity index (χ2n) is 9.27. The summed E-state index contributed by atoms with van der Waals surface area (Å²) in [5.41, 5.74) is 0. The third-order valence-corrected chi connectivity index (χ3v) is 7.57. The molecule has 0 aromatic carbocycles. The van der Waals surface area contributed by atoms with Crippen molar-refractivity contribution in [2.24, 2.45) is 29.6 Å². The molecule has 144 valence electrons. The number of fused-ring (bicyclic) bond motifs is 3.